The van der Waals surface area contributed by atoms with Gasteiger partial charge in [-0.3, -0.25) is 29.0 Å². The molecule has 3 fully saturated rings. The third-order valence-corrected chi connectivity index (χ3v) is 7.06. The Morgan fingerprint density at radius 2 is 0.882 bits per heavy atom. The molecule has 3 saturated heterocycles. The van der Waals surface area contributed by atoms with E-state index in [9.17, 15) is 19.2 Å². The van der Waals surface area contributed by atoms with Gasteiger partial charge in [-0.2, -0.15) is 0 Å². The van der Waals surface area contributed by atoms with Crippen molar-refractivity contribution in [3.8, 4) is 0 Å². The number of hydrogen-bond donors (Lipinski definition) is 0. The van der Waals surface area contributed by atoms with Gasteiger partial charge in [0.2, 0.25) is 11.8 Å². The van der Waals surface area contributed by atoms with Crippen LogP contribution < -0.4 is 9.80 Å². The van der Waals surface area contributed by atoms with Crippen molar-refractivity contribution in [1.82, 2.24) is 9.80 Å². The summed E-state index contributed by atoms with van der Waals surface area (Å²) < 4.78 is 0. The van der Waals surface area contributed by atoms with Crippen LogP contribution in [0.2, 0.25) is 0 Å². The van der Waals surface area contributed by atoms with Gasteiger partial charge in [-0.1, -0.05) is 35.4 Å². The van der Waals surface area contributed by atoms with E-state index in [2.05, 4.69) is 0 Å². The zero-order valence-corrected chi connectivity index (χ0v) is 19.4. The van der Waals surface area contributed by atoms with Crippen LogP contribution in [0.5, 0.6) is 0 Å². The van der Waals surface area contributed by atoms with Crippen molar-refractivity contribution >= 4 is 35.0 Å². The average molecular weight is 461 g/mol. The van der Waals surface area contributed by atoms with E-state index >= 15 is 0 Å². The number of anilines is 2. The van der Waals surface area contributed by atoms with Crippen LogP contribution in [0.3, 0.4) is 0 Å². The highest BCUT2D eigenvalue weighted by Gasteiger charge is 2.46. The maximum absolute atomic E-state index is 13.1. The van der Waals surface area contributed by atoms with Gasteiger partial charge >= 0.3 is 0 Å². The van der Waals surface area contributed by atoms with Crippen molar-refractivity contribution < 1.29 is 19.2 Å². The van der Waals surface area contributed by atoms with Crippen molar-refractivity contribution in [3.63, 3.8) is 0 Å². The van der Waals surface area contributed by atoms with E-state index in [0.717, 1.165) is 11.1 Å². The minimum atomic E-state index is -0.485. The van der Waals surface area contributed by atoms with Gasteiger partial charge < -0.3 is 0 Å². The Labute approximate surface area is 198 Å². The lowest BCUT2D eigenvalue weighted by Crippen LogP contribution is -2.56. The number of aryl methyl sites for hydroxylation is 2. The lowest BCUT2D eigenvalue weighted by molar-refractivity contribution is -0.126. The van der Waals surface area contributed by atoms with Crippen LogP contribution >= 0.6 is 0 Å². The summed E-state index contributed by atoms with van der Waals surface area (Å²) in [7, 11) is 0. The summed E-state index contributed by atoms with van der Waals surface area (Å²) in [6.45, 7) is 6.18. The molecular formula is C26H28N4O4. The molecular weight excluding hydrogens is 432 g/mol. The van der Waals surface area contributed by atoms with Gasteiger partial charge in [0.15, 0.2) is 0 Å². The Bertz CT molecular complexity index is 1040. The molecule has 2 aromatic carbocycles. The zero-order valence-electron chi connectivity index (χ0n) is 19.4. The Kier molecular flexibility index (Phi) is 5.79. The number of piperazine rings is 1. The molecule has 0 aromatic heterocycles. The highest BCUT2D eigenvalue weighted by molar-refractivity contribution is 6.23. The topological polar surface area (TPSA) is 81.2 Å². The molecule has 0 bridgehead atoms. The molecule has 2 atom stereocenters. The van der Waals surface area contributed by atoms with Gasteiger partial charge in [0.05, 0.1) is 36.3 Å². The molecule has 0 unspecified atom stereocenters. The lowest BCUT2D eigenvalue weighted by Gasteiger charge is -2.38. The van der Waals surface area contributed by atoms with Crippen LogP contribution in [0, 0.1) is 13.8 Å². The minimum Gasteiger partial charge on any atom is -0.289 e. The molecule has 176 valence electrons. The number of hydrogen-bond acceptors (Lipinski definition) is 6. The van der Waals surface area contributed by atoms with E-state index in [1.165, 1.54) is 9.80 Å². The van der Waals surface area contributed by atoms with Crippen molar-refractivity contribution in [2.24, 2.45) is 0 Å². The maximum atomic E-state index is 13.1. The monoisotopic (exact) mass is 460 g/mol. The molecule has 3 aliphatic heterocycles. The fourth-order valence-electron chi connectivity index (χ4n) is 5.09. The summed E-state index contributed by atoms with van der Waals surface area (Å²) in [4.78, 5) is 58.1. The first-order chi connectivity index (χ1) is 16.3. The van der Waals surface area contributed by atoms with Crippen molar-refractivity contribution in [3.05, 3.63) is 59.7 Å². The standard InChI is InChI=1S/C26H28N4O4/c1-17-3-7-19(8-4-17)29-23(31)15-21(25(29)33)27-11-13-28(14-12-27)22-16-24(32)30(26(22)34)20-9-5-18(2)6-10-20/h3-10,21-22H,11-16H2,1-2H3/t21-,22-/m0/s1. The number of amides is 4. The van der Waals surface area contributed by atoms with Gasteiger partial charge in [-0.05, 0) is 38.1 Å². The summed E-state index contributed by atoms with van der Waals surface area (Å²) in [5.41, 5.74) is 3.34. The first-order valence-electron chi connectivity index (χ1n) is 11.7. The second-order valence-electron chi connectivity index (χ2n) is 9.32. The van der Waals surface area contributed by atoms with Gasteiger partial charge in [-0.15, -0.1) is 0 Å². The molecule has 4 amide bonds. The highest BCUT2D eigenvalue weighted by Crippen LogP contribution is 2.29. The molecule has 8 nitrogen and oxygen atoms in total. The normalized spacial score (nSPS) is 24.5. The van der Waals surface area contributed by atoms with E-state index < -0.39 is 12.1 Å². The van der Waals surface area contributed by atoms with Crippen LogP contribution in [0.1, 0.15) is 24.0 Å². The summed E-state index contributed by atoms with van der Waals surface area (Å²) in [5.74, 6) is -0.766. The molecule has 3 aliphatic rings. The van der Waals surface area contributed by atoms with E-state index in [1.807, 2.05) is 47.9 Å². The van der Waals surface area contributed by atoms with Crippen molar-refractivity contribution in [2.45, 2.75) is 38.8 Å². The molecule has 34 heavy (non-hydrogen) atoms. The number of rotatable bonds is 4. The van der Waals surface area contributed by atoms with Gasteiger partial charge in [-0.25, -0.2) is 9.80 Å². The molecule has 0 radical (unpaired) electrons. The van der Waals surface area contributed by atoms with Crippen LogP contribution in [0.25, 0.3) is 0 Å². The molecule has 8 heteroatoms. The fourth-order valence-corrected chi connectivity index (χ4v) is 5.09. The number of nitrogens with zero attached hydrogens (tertiary/aromatic N) is 4. The molecule has 0 spiro atoms. The third-order valence-electron chi connectivity index (χ3n) is 7.06. The Morgan fingerprint density at radius 3 is 1.21 bits per heavy atom. The van der Waals surface area contributed by atoms with Crippen LogP contribution in [-0.2, 0) is 19.2 Å². The Balaban J connectivity index is 1.23. The number of carbonyl (C=O) groups excluding carboxylic acids is 4. The number of benzene rings is 2. The van der Waals surface area contributed by atoms with E-state index in [0.29, 0.717) is 37.6 Å². The van der Waals surface area contributed by atoms with Crippen LogP contribution in [0.15, 0.2) is 48.5 Å². The average Bonchev–Trinajstić information content (AvgIpc) is 3.29. The molecule has 2 aromatic rings. The van der Waals surface area contributed by atoms with Gasteiger partial charge in [0.1, 0.15) is 0 Å². The van der Waals surface area contributed by atoms with Gasteiger partial charge in [0, 0.05) is 26.2 Å². The molecule has 5 rings (SSSR count). The second kappa shape index (κ2) is 8.77. The summed E-state index contributed by atoms with van der Waals surface area (Å²) >= 11 is 0. The predicted molar refractivity (Wildman–Crippen MR) is 127 cm³/mol. The largest absolute Gasteiger partial charge is 0.289 e. The predicted octanol–water partition coefficient (Wildman–Crippen LogP) is 1.89. The van der Waals surface area contributed by atoms with E-state index in [4.69, 9.17) is 0 Å². The number of carbonyl (C=O) groups is 4. The zero-order chi connectivity index (χ0) is 24.0. The molecule has 3 heterocycles. The van der Waals surface area contributed by atoms with E-state index in [-0.39, 0.29) is 36.5 Å². The first-order valence-corrected chi connectivity index (χ1v) is 11.7. The van der Waals surface area contributed by atoms with Crippen LogP contribution in [0.4, 0.5) is 11.4 Å². The molecule has 0 saturated carbocycles. The van der Waals surface area contributed by atoms with Crippen molar-refractivity contribution in [2.75, 3.05) is 36.0 Å². The lowest BCUT2D eigenvalue weighted by atomic mass is 10.1. The highest BCUT2D eigenvalue weighted by atomic mass is 16.2. The third kappa shape index (κ3) is 3.93. The van der Waals surface area contributed by atoms with E-state index in [1.54, 1.807) is 24.3 Å². The summed E-state index contributed by atoms with van der Waals surface area (Å²) in [6, 6.07) is 13.8. The Morgan fingerprint density at radius 1 is 0.559 bits per heavy atom. The maximum Gasteiger partial charge on any atom is 0.251 e. The van der Waals surface area contributed by atoms with Gasteiger partial charge in [0.25, 0.3) is 11.8 Å². The molecule has 0 aliphatic carbocycles. The Hall–Kier alpha value is -3.36. The van der Waals surface area contributed by atoms with Crippen LogP contribution in [-0.4, -0.2) is 71.7 Å². The summed E-state index contributed by atoms with van der Waals surface area (Å²) in [6.07, 6.45) is 0.323. The quantitative estimate of drug-likeness (QED) is 0.649. The minimum absolute atomic E-state index is 0.161. The van der Waals surface area contributed by atoms with Crippen molar-refractivity contribution in [1.29, 1.82) is 0 Å². The smallest absolute Gasteiger partial charge is 0.251 e. The molecule has 0 N–H and O–H groups in total. The fraction of sp³-hybridized carbons (Fsp3) is 0.385. The summed E-state index contributed by atoms with van der Waals surface area (Å²) in [5, 5.41) is 0. The second-order valence-corrected chi connectivity index (χ2v) is 9.32. The first kappa shape index (κ1) is 22.4. The number of imide groups is 2. The SMILES string of the molecule is Cc1ccc(N2C(=O)C[C@H](N3CCN([C@H]4CC(=O)N(c5ccc(C)cc5)C4=O)CC3)C2=O)cc1.